The molecule has 1 heterocycles. The van der Waals surface area contributed by atoms with E-state index in [1.54, 1.807) is 23.6 Å². The Morgan fingerprint density at radius 1 is 1.39 bits per heavy atom. The number of pyridine rings is 1. The molecular weight excluding hydrogens is 294 g/mol. The number of aromatic nitrogens is 1. The molecule has 1 atom stereocenters. The molecule has 1 aliphatic carbocycles. The van der Waals surface area contributed by atoms with Gasteiger partial charge in [-0.1, -0.05) is 11.6 Å². The van der Waals surface area contributed by atoms with Crippen LogP contribution in [0.1, 0.15) is 38.5 Å². The lowest BCUT2D eigenvalue weighted by molar-refractivity contribution is -0.682. The van der Waals surface area contributed by atoms with Crippen molar-refractivity contribution in [3.05, 3.63) is 36.2 Å². The second-order valence-corrected chi connectivity index (χ2v) is 5.80. The van der Waals surface area contributed by atoms with Gasteiger partial charge in [-0.15, -0.1) is 0 Å². The number of quaternary nitrogens is 1. The molecule has 0 fully saturated rings. The van der Waals surface area contributed by atoms with E-state index in [1.165, 1.54) is 24.6 Å². The molecule has 1 aromatic rings. The average Bonchev–Trinajstić information content (AvgIpc) is 2.55. The van der Waals surface area contributed by atoms with E-state index in [2.05, 4.69) is 16.4 Å². The predicted octanol–water partition coefficient (Wildman–Crippen LogP) is -0.0174. The smallest absolute Gasteiger partial charge is 0.230 e. The van der Waals surface area contributed by atoms with Crippen molar-refractivity contribution in [3.8, 4) is 0 Å². The van der Waals surface area contributed by atoms with Crippen LogP contribution in [0.5, 0.6) is 0 Å². The Hall–Kier alpha value is -2.21. The molecule has 23 heavy (non-hydrogen) atoms. The highest BCUT2D eigenvalue weighted by molar-refractivity contribution is 5.93. The Kier molecular flexibility index (Phi) is 6.75. The predicted molar refractivity (Wildman–Crippen MR) is 84.2 cm³/mol. The minimum atomic E-state index is -1.20. The number of carboxylic acids is 1. The first-order valence-corrected chi connectivity index (χ1v) is 8.07. The molecule has 3 N–H and O–H groups in total. The van der Waals surface area contributed by atoms with Crippen LogP contribution >= 0.6 is 0 Å². The third-order valence-corrected chi connectivity index (χ3v) is 3.96. The lowest BCUT2D eigenvalue weighted by atomic mass is 9.97. The summed E-state index contributed by atoms with van der Waals surface area (Å²) in [5.74, 6) is -1.55. The quantitative estimate of drug-likeness (QED) is 0.658. The molecule has 0 aliphatic heterocycles. The van der Waals surface area contributed by atoms with E-state index in [1.807, 2.05) is 0 Å². The number of allylic oxidation sites excluding steroid dienone is 1. The largest absolute Gasteiger partial charge is 0.544 e. The van der Waals surface area contributed by atoms with Gasteiger partial charge in [0, 0.05) is 12.6 Å². The van der Waals surface area contributed by atoms with Crippen LogP contribution in [0.25, 0.3) is 0 Å². The maximum atomic E-state index is 11.9. The van der Waals surface area contributed by atoms with Crippen LogP contribution < -0.4 is 15.7 Å². The van der Waals surface area contributed by atoms with Gasteiger partial charge in [0.15, 0.2) is 0 Å². The molecule has 6 nitrogen and oxygen atoms in total. The molecule has 0 spiro atoms. The summed E-state index contributed by atoms with van der Waals surface area (Å²) >= 11 is 0. The van der Waals surface area contributed by atoms with Gasteiger partial charge < -0.3 is 20.5 Å². The number of amides is 1. The Balaban J connectivity index is 1.77. The number of aliphatic carboxylic acids is 1. The van der Waals surface area contributed by atoms with Gasteiger partial charge in [0.05, 0.1) is 30.8 Å². The van der Waals surface area contributed by atoms with E-state index in [0.717, 1.165) is 19.3 Å². The number of carbonyl (C=O) groups is 2. The van der Waals surface area contributed by atoms with Gasteiger partial charge in [-0.25, -0.2) is 0 Å². The first-order valence-electron chi connectivity index (χ1n) is 8.07. The average molecular weight is 317 g/mol. The Labute approximate surface area is 136 Å². The SMILES string of the molecule is O=C(C[C@H]([NH2+]CCC1=CCCCC1)C(=O)[O-])Nc1cccnc1. The van der Waals surface area contributed by atoms with Crippen LogP contribution in [0.15, 0.2) is 36.2 Å². The summed E-state index contributed by atoms with van der Waals surface area (Å²) in [6, 6.07) is 2.55. The second kappa shape index (κ2) is 9.05. The van der Waals surface area contributed by atoms with Crippen molar-refractivity contribution in [3.63, 3.8) is 0 Å². The molecule has 2 rings (SSSR count). The first kappa shape index (κ1) is 17.1. The molecule has 1 aromatic heterocycles. The van der Waals surface area contributed by atoms with Crippen molar-refractivity contribution in [2.24, 2.45) is 0 Å². The van der Waals surface area contributed by atoms with Crippen molar-refractivity contribution in [2.75, 3.05) is 11.9 Å². The summed E-state index contributed by atoms with van der Waals surface area (Å²) in [6.07, 6.45) is 10.8. The van der Waals surface area contributed by atoms with E-state index in [4.69, 9.17) is 0 Å². The summed E-state index contributed by atoms with van der Waals surface area (Å²) in [7, 11) is 0. The number of nitrogens with zero attached hydrogens (tertiary/aromatic N) is 1. The van der Waals surface area contributed by atoms with Crippen LogP contribution in [0.4, 0.5) is 5.69 Å². The highest BCUT2D eigenvalue weighted by atomic mass is 16.4. The van der Waals surface area contributed by atoms with Gasteiger partial charge in [-0.05, 0) is 37.8 Å². The minimum Gasteiger partial charge on any atom is -0.544 e. The maximum absolute atomic E-state index is 11.9. The van der Waals surface area contributed by atoms with Crippen LogP contribution in [0, 0.1) is 0 Å². The maximum Gasteiger partial charge on any atom is 0.230 e. The number of anilines is 1. The number of hydrogen-bond acceptors (Lipinski definition) is 4. The van der Waals surface area contributed by atoms with Crippen LogP contribution in [-0.4, -0.2) is 29.4 Å². The number of hydrogen-bond donors (Lipinski definition) is 2. The Bertz CT molecular complexity index is 557. The van der Waals surface area contributed by atoms with Crippen LogP contribution in [-0.2, 0) is 9.59 Å². The fourth-order valence-corrected chi connectivity index (χ4v) is 2.71. The van der Waals surface area contributed by atoms with Crippen LogP contribution in [0.3, 0.4) is 0 Å². The topological polar surface area (TPSA) is 98.7 Å². The van der Waals surface area contributed by atoms with Crippen molar-refractivity contribution < 1.29 is 20.0 Å². The van der Waals surface area contributed by atoms with Crippen molar-refractivity contribution in [1.29, 1.82) is 0 Å². The van der Waals surface area contributed by atoms with E-state index in [0.29, 0.717) is 12.2 Å². The van der Waals surface area contributed by atoms with E-state index in [9.17, 15) is 14.7 Å². The fourth-order valence-electron chi connectivity index (χ4n) is 2.71. The highest BCUT2D eigenvalue weighted by Gasteiger charge is 2.18. The molecule has 0 bridgehead atoms. The molecule has 6 heteroatoms. The van der Waals surface area contributed by atoms with E-state index >= 15 is 0 Å². The second-order valence-electron chi connectivity index (χ2n) is 5.80. The Morgan fingerprint density at radius 2 is 2.26 bits per heavy atom. The van der Waals surface area contributed by atoms with Gasteiger partial charge in [0.1, 0.15) is 6.04 Å². The number of nitrogens with two attached hydrogens (primary N) is 1. The first-order chi connectivity index (χ1) is 11.1. The third kappa shape index (κ3) is 6.20. The van der Waals surface area contributed by atoms with Gasteiger partial charge >= 0.3 is 0 Å². The summed E-state index contributed by atoms with van der Waals surface area (Å²) in [5, 5.41) is 15.6. The normalized spacial score (nSPS) is 15.6. The zero-order valence-electron chi connectivity index (χ0n) is 13.2. The van der Waals surface area contributed by atoms with E-state index in [-0.39, 0.29) is 12.3 Å². The van der Waals surface area contributed by atoms with Crippen molar-refractivity contribution >= 4 is 17.6 Å². The Morgan fingerprint density at radius 3 is 2.91 bits per heavy atom. The molecular formula is C17H23N3O3. The summed E-state index contributed by atoms with van der Waals surface area (Å²) in [5.41, 5.74) is 1.95. The number of rotatable bonds is 8. The van der Waals surface area contributed by atoms with Gasteiger partial charge in [0.25, 0.3) is 0 Å². The molecule has 0 unspecified atom stereocenters. The number of nitrogens with one attached hydrogen (secondary N) is 1. The molecule has 0 saturated carbocycles. The number of carbonyl (C=O) groups excluding carboxylic acids is 2. The molecule has 124 valence electrons. The lowest BCUT2D eigenvalue weighted by Crippen LogP contribution is -2.93. The molecule has 0 aromatic carbocycles. The molecule has 0 saturated heterocycles. The van der Waals surface area contributed by atoms with E-state index < -0.39 is 12.0 Å². The third-order valence-electron chi connectivity index (χ3n) is 3.96. The highest BCUT2D eigenvalue weighted by Crippen LogP contribution is 2.18. The molecule has 0 radical (unpaired) electrons. The standard InChI is InChI=1S/C17H23N3O3/c21-16(20-14-7-4-9-18-12-14)11-15(17(22)23)19-10-8-13-5-2-1-3-6-13/h4-5,7,9,12,15,19H,1-3,6,8,10-11H2,(H,20,21)(H,22,23)/t15-/m0/s1. The molecule has 1 aliphatic rings. The zero-order chi connectivity index (χ0) is 16.5. The summed E-state index contributed by atoms with van der Waals surface area (Å²) < 4.78 is 0. The number of carboxylic acid groups (broad SMARTS) is 1. The summed E-state index contributed by atoms with van der Waals surface area (Å²) in [6.45, 7) is 0.657. The van der Waals surface area contributed by atoms with Gasteiger partial charge in [-0.2, -0.15) is 0 Å². The van der Waals surface area contributed by atoms with Crippen molar-refractivity contribution in [2.45, 2.75) is 44.6 Å². The summed E-state index contributed by atoms with van der Waals surface area (Å²) in [4.78, 5) is 27.0. The monoisotopic (exact) mass is 317 g/mol. The zero-order valence-corrected chi connectivity index (χ0v) is 13.2. The van der Waals surface area contributed by atoms with Gasteiger partial charge in [0.2, 0.25) is 5.91 Å². The minimum absolute atomic E-state index is 0.115. The molecule has 1 amide bonds. The van der Waals surface area contributed by atoms with Crippen LogP contribution in [0.2, 0.25) is 0 Å². The fraction of sp³-hybridized carbons (Fsp3) is 0.471. The lowest BCUT2D eigenvalue weighted by Gasteiger charge is -2.17. The van der Waals surface area contributed by atoms with Gasteiger partial charge in [-0.3, -0.25) is 9.78 Å². The van der Waals surface area contributed by atoms with Crippen molar-refractivity contribution in [1.82, 2.24) is 4.98 Å².